The van der Waals surface area contributed by atoms with Crippen molar-refractivity contribution in [3.8, 4) is 0 Å². The predicted molar refractivity (Wildman–Crippen MR) is 72.7 cm³/mol. The van der Waals surface area contributed by atoms with E-state index in [4.69, 9.17) is 15.2 Å². The molecule has 0 aromatic heterocycles. The minimum absolute atomic E-state index is 0.0296. The second-order valence-electron chi connectivity index (χ2n) is 5.75. The Bertz CT molecular complexity index is 288. The summed E-state index contributed by atoms with van der Waals surface area (Å²) in [6.45, 7) is 3.52. The molecule has 0 aromatic carbocycles. The fraction of sp³-hybridized carbons (Fsp3) is 0.929. The van der Waals surface area contributed by atoms with Gasteiger partial charge in [-0.25, -0.2) is 0 Å². The molecule has 5 heteroatoms. The number of rotatable bonds is 7. The monoisotopic (exact) mass is 270 g/mol. The third-order valence-corrected chi connectivity index (χ3v) is 4.06. The van der Waals surface area contributed by atoms with E-state index in [2.05, 4.69) is 0 Å². The zero-order valence-corrected chi connectivity index (χ0v) is 11.8. The topological polar surface area (TPSA) is 64.8 Å². The lowest BCUT2D eigenvalue weighted by Crippen LogP contribution is -2.48. The Labute approximate surface area is 115 Å². The van der Waals surface area contributed by atoms with Crippen molar-refractivity contribution < 1.29 is 14.3 Å². The molecule has 1 atom stereocenters. The van der Waals surface area contributed by atoms with E-state index in [1.807, 2.05) is 7.05 Å². The van der Waals surface area contributed by atoms with Gasteiger partial charge in [-0.1, -0.05) is 0 Å². The van der Waals surface area contributed by atoms with Gasteiger partial charge < -0.3 is 20.1 Å². The molecule has 2 N–H and O–H groups in total. The maximum absolute atomic E-state index is 12.2. The summed E-state index contributed by atoms with van der Waals surface area (Å²) in [5.74, 6) is 1.06. The molecule has 1 saturated carbocycles. The molecule has 1 aliphatic carbocycles. The highest BCUT2D eigenvalue weighted by atomic mass is 16.5. The first-order valence-corrected chi connectivity index (χ1v) is 7.34. The number of nitrogens with two attached hydrogens (primary N) is 1. The Kier molecular flexibility index (Phi) is 5.60. The molecule has 1 heterocycles. The number of nitrogens with zero attached hydrogens (tertiary/aromatic N) is 1. The van der Waals surface area contributed by atoms with Crippen molar-refractivity contribution in [2.45, 2.75) is 31.7 Å². The molecule has 1 aliphatic heterocycles. The van der Waals surface area contributed by atoms with Gasteiger partial charge >= 0.3 is 0 Å². The van der Waals surface area contributed by atoms with Crippen LogP contribution in [0.1, 0.15) is 25.7 Å². The van der Waals surface area contributed by atoms with E-state index in [0.29, 0.717) is 13.2 Å². The lowest BCUT2D eigenvalue weighted by Gasteiger charge is -2.29. The summed E-state index contributed by atoms with van der Waals surface area (Å²) in [5.41, 5.74) is 6.07. The molecule has 2 rings (SSSR count). The van der Waals surface area contributed by atoms with Crippen LogP contribution < -0.4 is 5.73 Å². The van der Waals surface area contributed by atoms with E-state index in [1.165, 1.54) is 12.8 Å². The molecule has 2 fully saturated rings. The van der Waals surface area contributed by atoms with Crippen LogP contribution in [0.2, 0.25) is 0 Å². The first-order valence-electron chi connectivity index (χ1n) is 7.34. The third kappa shape index (κ3) is 4.75. The van der Waals surface area contributed by atoms with Crippen LogP contribution in [0.15, 0.2) is 0 Å². The average molecular weight is 270 g/mol. The molecule has 1 unspecified atom stereocenters. The Morgan fingerprint density at radius 3 is 2.68 bits per heavy atom. The molecule has 2 aliphatic rings. The van der Waals surface area contributed by atoms with Gasteiger partial charge in [0.2, 0.25) is 5.91 Å². The number of hydrogen-bond acceptors (Lipinski definition) is 4. The highest BCUT2D eigenvalue weighted by Crippen LogP contribution is 2.28. The Morgan fingerprint density at radius 2 is 2.05 bits per heavy atom. The molecule has 0 spiro atoms. The van der Waals surface area contributed by atoms with Crippen molar-refractivity contribution in [2.24, 2.45) is 17.6 Å². The summed E-state index contributed by atoms with van der Waals surface area (Å²) in [6.07, 6.45) is 4.37. The average Bonchev–Trinajstić information content (AvgIpc) is 3.27. The summed E-state index contributed by atoms with van der Waals surface area (Å²) in [6, 6.07) is -0.391. The summed E-state index contributed by atoms with van der Waals surface area (Å²) < 4.78 is 10.8. The standard InChI is InChI=1S/C14H26N2O3/c1-16(6-9-19-10-11-2-3-11)14(17)13(15)12-4-7-18-8-5-12/h11-13H,2-10,15H2,1H3. The smallest absolute Gasteiger partial charge is 0.239 e. The molecule has 0 radical (unpaired) electrons. The predicted octanol–water partition coefficient (Wildman–Crippen LogP) is 0.625. The van der Waals surface area contributed by atoms with Gasteiger partial charge in [-0.05, 0) is 37.5 Å². The number of amides is 1. The van der Waals surface area contributed by atoms with Crippen molar-refractivity contribution in [3.63, 3.8) is 0 Å². The van der Waals surface area contributed by atoms with Crippen molar-refractivity contribution in [2.75, 3.05) is 40.0 Å². The van der Waals surface area contributed by atoms with Crippen LogP contribution in [0.3, 0.4) is 0 Å². The van der Waals surface area contributed by atoms with Crippen LogP contribution in [0.25, 0.3) is 0 Å². The number of carbonyl (C=O) groups excluding carboxylic acids is 1. The maximum atomic E-state index is 12.2. The van der Waals surface area contributed by atoms with Gasteiger partial charge in [-0.2, -0.15) is 0 Å². The van der Waals surface area contributed by atoms with Crippen LogP contribution in [-0.4, -0.2) is 56.9 Å². The lowest BCUT2D eigenvalue weighted by atomic mass is 9.91. The fourth-order valence-corrected chi connectivity index (χ4v) is 2.38. The van der Waals surface area contributed by atoms with E-state index in [0.717, 1.165) is 38.6 Å². The maximum Gasteiger partial charge on any atom is 0.239 e. The highest BCUT2D eigenvalue weighted by Gasteiger charge is 2.28. The summed E-state index contributed by atoms with van der Waals surface area (Å²) >= 11 is 0. The van der Waals surface area contributed by atoms with Crippen molar-refractivity contribution >= 4 is 5.91 Å². The molecule has 0 bridgehead atoms. The van der Waals surface area contributed by atoms with Crippen molar-refractivity contribution in [1.29, 1.82) is 0 Å². The van der Waals surface area contributed by atoms with Crippen molar-refractivity contribution in [3.05, 3.63) is 0 Å². The summed E-state index contributed by atoms with van der Waals surface area (Å²) in [5, 5.41) is 0. The van der Waals surface area contributed by atoms with E-state index in [-0.39, 0.29) is 11.8 Å². The molecule has 19 heavy (non-hydrogen) atoms. The highest BCUT2D eigenvalue weighted by molar-refractivity contribution is 5.81. The minimum atomic E-state index is -0.391. The van der Waals surface area contributed by atoms with E-state index >= 15 is 0 Å². The largest absolute Gasteiger partial charge is 0.381 e. The molecule has 5 nitrogen and oxygen atoms in total. The molecule has 1 amide bonds. The molecule has 1 saturated heterocycles. The van der Waals surface area contributed by atoms with Gasteiger partial charge in [0.1, 0.15) is 0 Å². The quantitative estimate of drug-likeness (QED) is 0.689. The third-order valence-electron chi connectivity index (χ3n) is 4.06. The van der Waals surface area contributed by atoms with Gasteiger partial charge in [-0.3, -0.25) is 4.79 Å². The van der Waals surface area contributed by atoms with E-state index < -0.39 is 6.04 Å². The summed E-state index contributed by atoms with van der Waals surface area (Å²) in [4.78, 5) is 13.9. The van der Waals surface area contributed by atoms with Gasteiger partial charge in [0, 0.05) is 33.4 Å². The van der Waals surface area contributed by atoms with Crippen molar-refractivity contribution in [1.82, 2.24) is 4.90 Å². The van der Waals surface area contributed by atoms with Crippen LogP contribution in [0, 0.1) is 11.8 Å². The second kappa shape index (κ2) is 7.22. The fourth-order valence-electron chi connectivity index (χ4n) is 2.38. The zero-order valence-electron chi connectivity index (χ0n) is 11.8. The van der Waals surface area contributed by atoms with Crippen LogP contribution in [0.5, 0.6) is 0 Å². The van der Waals surface area contributed by atoms with Gasteiger partial charge in [0.05, 0.1) is 12.6 Å². The summed E-state index contributed by atoms with van der Waals surface area (Å²) in [7, 11) is 1.81. The normalized spacial score (nSPS) is 22.2. The van der Waals surface area contributed by atoms with Crippen LogP contribution in [-0.2, 0) is 14.3 Å². The van der Waals surface area contributed by atoms with Crippen LogP contribution in [0.4, 0.5) is 0 Å². The minimum Gasteiger partial charge on any atom is -0.381 e. The zero-order chi connectivity index (χ0) is 13.7. The first kappa shape index (κ1) is 14.8. The second-order valence-corrected chi connectivity index (χ2v) is 5.75. The van der Waals surface area contributed by atoms with Gasteiger partial charge in [-0.15, -0.1) is 0 Å². The molecule has 110 valence electrons. The number of carbonyl (C=O) groups is 1. The number of hydrogen-bond donors (Lipinski definition) is 1. The lowest BCUT2D eigenvalue weighted by molar-refractivity contribution is -0.134. The van der Waals surface area contributed by atoms with Gasteiger partial charge in [0.15, 0.2) is 0 Å². The van der Waals surface area contributed by atoms with E-state index in [1.54, 1.807) is 4.90 Å². The number of ether oxygens (including phenoxy) is 2. The van der Waals surface area contributed by atoms with Gasteiger partial charge in [0.25, 0.3) is 0 Å². The Hall–Kier alpha value is -0.650. The first-order chi connectivity index (χ1) is 9.18. The number of likely N-dealkylation sites (N-methyl/N-ethyl adjacent to an activating group) is 1. The Morgan fingerprint density at radius 1 is 1.37 bits per heavy atom. The van der Waals surface area contributed by atoms with E-state index in [9.17, 15) is 4.79 Å². The molecule has 0 aromatic rings. The SMILES string of the molecule is CN(CCOCC1CC1)C(=O)C(N)C1CCOCC1. The molecular weight excluding hydrogens is 244 g/mol. The Balaban J connectivity index is 1.64. The molecular formula is C14H26N2O3. The van der Waals surface area contributed by atoms with Crippen LogP contribution >= 0.6 is 0 Å².